The van der Waals surface area contributed by atoms with E-state index in [9.17, 15) is 8.42 Å². The highest BCUT2D eigenvalue weighted by molar-refractivity contribution is 7.91. The van der Waals surface area contributed by atoms with E-state index in [1.165, 1.54) is 6.07 Å². The summed E-state index contributed by atoms with van der Waals surface area (Å²) in [6.45, 7) is 3.60. The number of aromatic nitrogens is 1. The number of nitrogens with zero attached hydrogens (tertiary/aromatic N) is 1. The van der Waals surface area contributed by atoms with Crippen LogP contribution in [0, 0.1) is 5.92 Å². The molecule has 1 aromatic rings. The van der Waals surface area contributed by atoms with Crippen molar-refractivity contribution in [1.82, 2.24) is 4.98 Å². The van der Waals surface area contributed by atoms with Crippen molar-refractivity contribution in [1.29, 1.82) is 0 Å². The van der Waals surface area contributed by atoms with Gasteiger partial charge in [-0.3, -0.25) is 0 Å². The molecule has 0 atom stereocenters. The Bertz CT molecular complexity index is 473. The number of pyridine rings is 1. The molecule has 90 valence electrons. The van der Waals surface area contributed by atoms with Gasteiger partial charge in [0, 0.05) is 6.07 Å². The minimum absolute atomic E-state index is 0.0126. The number of nitrogens with two attached hydrogens (primary N) is 3. The highest BCUT2D eigenvalue weighted by atomic mass is 32.2. The molecular formula is C9H16N4O2S. The fraction of sp³-hybridized carbons (Fsp3) is 0.444. The lowest BCUT2D eigenvalue weighted by Gasteiger charge is -2.11. The molecule has 0 fully saturated rings. The molecule has 0 aromatic carbocycles. The molecule has 7 heteroatoms. The van der Waals surface area contributed by atoms with Crippen molar-refractivity contribution in [3.05, 3.63) is 6.07 Å². The van der Waals surface area contributed by atoms with E-state index in [0.29, 0.717) is 0 Å². The van der Waals surface area contributed by atoms with Crippen LogP contribution in [0.25, 0.3) is 0 Å². The van der Waals surface area contributed by atoms with Gasteiger partial charge in [0.2, 0.25) is 0 Å². The fourth-order valence-corrected chi connectivity index (χ4v) is 3.28. The standard InChI is InChI=1S/C9H16N4O2S/c1-5(2)4-16(14,15)8-6(10)3-7(11)13-9(8)12/h3,5H,4H2,1-2H3,(H6,10,11,12,13). The topological polar surface area (TPSA) is 125 Å². The van der Waals surface area contributed by atoms with E-state index in [1.807, 2.05) is 0 Å². The molecule has 0 unspecified atom stereocenters. The Morgan fingerprint density at radius 3 is 2.31 bits per heavy atom. The van der Waals surface area contributed by atoms with Crippen LogP contribution in [0.15, 0.2) is 11.0 Å². The van der Waals surface area contributed by atoms with Gasteiger partial charge < -0.3 is 17.2 Å². The van der Waals surface area contributed by atoms with Gasteiger partial charge in [-0.05, 0) is 5.92 Å². The number of sulfone groups is 1. The van der Waals surface area contributed by atoms with Gasteiger partial charge in [0.15, 0.2) is 9.84 Å². The van der Waals surface area contributed by atoms with Crippen LogP contribution < -0.4 is 17.2 Å². The van der Waals surface area contributed by atoms with Crippen molar-refractivity contribution in [2.45, 2.75) is 18.7 Å². The van der Waals surface area contributed by atoms with Crippen LogP contribution in [0.2, 0.25) is 0 Å². The van der Waals surface area contributed by atoms with Gasteiger partial charge in [0.05, 0.1) is 11.4 Å². The molecule has 0 bridgehead atoms. The summed E-state index contributed by atoms with van der Waals surface area (Å²) in [6.07, 6.45) is 0. The second-order valence-corrected chi connectivity index (χ2v) is 6.00. The predicted octanol–water partition coefficient (Wildman–Crippen LogP) is 0.258. The Hall–Kier alpha value is -1.50. The normalized spacial score (nSPS) is 11.9. The van der Waals surface area contributed by atoms with Gasteiger partial charge in [-0.25, -0.2) is 13.4 Å². The summed E-state index contributed by atoms with van der Waals surface area (Å²) in [6, 6.07) is 1.30. The monoisotopic (exact) mass is 244 g/mol. The maximum Gasteiger partial charge on any atom is 0.184 e. The third kappa shape index (κ3) is 2.54. The Morgan fingerprint density at radius 2 is 1.88 bits per heavy atom. The third-order valence-corrected chi connectivity index (χ3v) is 4.08. The van der Waals surface area contributed by atoms with E-state index in [1.54, 1.807) is 13.8 Å². The van der Waals surface area contributed by atoms with Crippen LogP contribution in [0.4, 0.5) is 17.3 Å². The van der Waals surface area contributed by atoms with Gasteiger partial charge in [-0.2, -0.15) is 0 Å². The quantitative estimate of drug-likeness (QED) is 0.700. The van der Waals surface area contributed by atoms with Crippen molar-refractivity contribution in [3.8, 4) is 0 Å². The third-order valence-electron chi connectivity index (χ3n) is 1.91. The molecule has 0 saturated heterocycles. The van der Waals surface area contributed by atoms with Crippen LogP contribution in [0.3, 0.4) is 0 Å². The van der Waals surface area contributed by atoms with Gasteiger partial charge in [0.1, 0.15) is 16.5 Å². The zero-order valence-electron chi connectivity index (χ0n) is 9.27. The van der Waals surface area contributed by atoms with Gasteiger partial charge in [0.25, 0.3) is 0 Å². The average molecular weight is 244 g/mol. The Kier molecular flexibility index (Phi) is 3.27. The van der Waals surface area contributed by atoms with Crippen LogP contribution in [-0.2, 0) is 9.84 Å². The van der Waals surface area contributed by atoms with Crippen LogP contribution in [0.5, 0.6) is 0 Å². The van der Waals surface area contributed by atoms with Crippen LogP contribution >= 0.6 is 0 Å². The summed E-state index contributed by atoms with van der Waals surface area (Å²) in [5.41, 5.74) is 16.6. The van der Waals surface area contributed by atoms with Gasteiger partial charge in [-0.15, -0.1) is 0 Å². The summed E-state index contributed by atoms with van der Waals surface area (Å²) < 4.78 is 23.9. The Morgan fingerprint density at radius 1 is 1.31 bits per heavy atom. The predicted molar refractivity (Wildman–Crippen MR) is 64.4 cm³/mol. The molecule has 0 radical (unpaired) electrons. The number of anilines is 3. The zero-order valence-corrected chi connectivity index (χ0v) is 10.1. The van der Waals surface area contributed by atoms with Crippen molar-refractivity contribution in [2.24, 2.45) is 5.92 Å². The number of nitrogen functional groups attached to an aromatic ring is 3. The molecule has 16 heavy (non-hydrogen) atoms. The first-order valence-corrected chi connectivity index (χ1v) is 6.43. The lowest BCUT2D eigenvalue weighted by atomic mass is 10.3. The summed E-state index contributed by atoms with van der Waals surface area (Å²) in [5.74, 6) is -0.0644. The molecular weight excluding hydrogens is 228 g/mol. The summed E-state index contributed by atoms with van der Waals surface area (Å²) in [4.78, 5) is 3.59. The first kappa shape index (κ1) is 12.6. The minimum atomic E-state index is -3.51. The van der Waals surface area contributed by atoms with E-state index in [0.717, 1.165) is 0 Å². The largest absolute Gasteiger partial charge is 0.397 e. The molecule has 0 spiro atoms. The molecule has 0 aliphatic rings. The second kappa shape index (κ2) is 4.17. The van der Waals surface area contributed by atoms with Crippen molar-refractivity contribution in [3.63, 3.8) is 0 Å². The first-order valence-electron chi connectivity index (χ1n) is 4.78. The molecule has 0 aliphatic carbocycles. The van der Waals surface area contributed by atoms with Gasteiger partial charge >= 0.3 is 0 Å². The maximum absolute atomic E-state index is 12.0. The highest BCUT2D eigenvalue weighted by Crippen LogP contribution is 2.27. The molecule has 0 saturated carbocycles. The molecule has 1 aromatic heterocycles. The Balaban J connectivity index is 3.34. The minimum Gasteiger partial charge on any atom is -0.397 e. The number of hydrogen-bond donors (Lipinski definition) is 3. The summed E-state index contributed by atoms with van der Waals surface area (Å²) >= 11 is 0. The molecule has 0 amide bonds. The van der Waals surface area contributed by atoms with Gasteiger partial charge in [-0.1, -0.05) is 13.8 Å². The van der Waals surface area contributed by atoms with Crippen LogP contribution in [0.1, 0.15) is 13.8 Å². The summed E-state index contributed by atoms with van der Waals surface area (Å²) in [5, 5.41) is 0. The Labute approximate surface area is 94.8 Å². The van der Waals surface area contributed by atoms with Crippen molar-refractivity contribution < 1.29 is 8.42 Å². The fourth-order valence-electron chi connectivity index (χ4n) is 1.46. The maximum atomic E-state index is 12.0. The molecule has 0 aliphatic heterocycles. The molecule has 6 N–H and O–H groups in total. The molecule has 1 rings (SSSR count). The number of rotatable bonds is 3. The second-order valence-electron chi connectivity index (χ2n) is 4.03. The smallest absolute Gasteiger partial charge is 0.184 e. The number of hydrogen-bond acceptors (Lipinski definition) is 6. The van der Waals surface area contributed by atoms with Crippen molar-refractivity contribution >= 4 is 27.2 Å². The average Bonchev–Trinajstić information content (AvgIpc) is 1.96. The lowest BCUT2D eigenvalue weighted by Crippen LogP contribution is -2.17. The van der Waals surface area contributed by atoms with E-state index < -0.39 is 9.84 Å². The summed E-state index contributed by atoms with van der Waals surface area (Å²) in [7, 11) is -3.51. The van der Waals surface area contributed by atoms with Crippen molar-refractivity contribution in [2.75, 3.05) is 23.0 Å². The van der Waals surface area contributed by atoms with E-state index in [-0.39, 0.29) is 33.9 Å². The van der Waals surface area contributed by atoms with E-state index >= 15 is 0 Å². The first-order chi connectivity index (χ1) is 7.24. The van der Waals surface area contributed by atoms with E-state index in [4.69, 9.17) is 17.2 Å². The highest BCUT2D eigenvalue weighted by Gasteiger charge is 2.23. The van der Waals surface area contributed by atoms with Crippen LogP contribution in [-0.4, -0.2) is 19.2 Å². The zero-order chi connectivity index (χ0) is 12.5. The van der Waals surface area contributed by atoms with E-state index in [2.05, 4.69) is 4.98 Å². The molecule has 1 heterocycles. The molecule has 6 nitrogen and oxygen atoms in total. The SMILES string of the molecule is CC(C)CS(=O)(=O)c1c(N)cc(N)nc1N. The lowest BCUT2D eigenvalue weighted by molar-refractivity contribution is 0.583.